The topological polar surface area (TPSA) is 94.9 Å². The second kappa shape index (κ2) is 7.23. The fraction of sp³-hybridized carbons (Fsp3) is 0.267. The predicted octanol–water partition coefficient (Wildman–Crippen LogP) is 1.31. The van der Waals surface area contributed by atoms with E-state index in [4.69, 9.17) is 10.2 Å². The standard InChI is InChI=1S/C15H17NO5/c1-10-3-4-12(11(2)7-10)5-6-13(17)16(8-14(18)19)9-15(20)21/h3-7H,8-9H2,1-2H3,(H,18,19)(H,20,21). The molecule has 1 aromatic carbocycles. The molecular weight excluding hydrogens is 274 g/mol. The summed E-state index contributed by atoms with van der Waals surface area (Å²) in [5, 5.41) is 17.4. The Morgan fingerprint density at radius 3 is 2.14 bits per heavy atom. The van der Waals surface area contributed by atoms with Crippen molar-refractivity contribution in [2.24, 2.45) is 0 Å². The molecule has 0 aliphatic carbocycles. The first-order valence-electron chi connectivity index (χ1n) is 6.27. The first-order chi connectivity index (χ1) is 9.79. The zero-order chi connectivity index (χ0) is 16.0. The van der Waals surface area contributed by atoms with Crippen LogP contribution in [-0.2, 0) is 14.4 Å². The van der Waals surface area contributed by atoms with E-state index in [1.165, 1.54) is 6.08 Å². The minimum absolute atomic E-state index is 0.650. The van der Waals surface area contributed by atoms with E-state index >= 15 is 0 Å². The van der Waals surface area contributed by atoms with Crippen molar-refractivity contribution in [2.45, 2.75) is 13.8 Å². The Labute approximate surface area is 122 Å². The highest BCUT2D eigenvalue weighted by molar-refractivity contribution is 5.95. The van der Waals surface area contributed by atoms with Gasteiger partial charge in [0, 0.05) is 6.08 Å². The van der Waals surface area contributed by atoms with Crippen LogP contribution in [0.3, 0.4) is 0 Å². The van der Waals surface area contributed by atoms with Crippen molar-refractivity contribution in [1.82, 2.24) is 4.90 Å². The maximum Gasteiger partial charge on any atom is 0.323 e. The van der Waals surface area contributed by atoms with E-state index in [1.54, 1.807) is 6.08 Å². The molecule has 0 aliphatic heterocycles. The monoisotopic (exact) mass is 291 g/mol. The van der Waals surface area contributed by atoms with Crippen molar-refractivity contribution in [3.63, 3.8) is 0 Å². The minimum atomic E-state index is -1.26. The highest BCUT2D eigenvalue weighted by atomic mass is 16.4. The Morgan fingerprint density at radius 1 is 1.10 bits per heavy atom. The molecule has 0 spiro atoms. The zero-order valence-electron chi connectivity index (χ0n) is 11.9. The lowest BCUT2D eigenvalue weighted by Crippen LogP contribution is -2.38. The molecular formula is C15H17NO5. The summed E-state index contributed by atoms with van der Waals surface area (Å²) in [5.74, 6) is -3.17. The third-order valence-electron chi connectivity index (χ3n) is 2.79. The second-order valence-corrected chi connectivity index (χ2v) is 4.68. The van der Waals surface area contributed by atoms with Gasteiger partial charge in [-0.15, -0.1) is 0 Å². The van der Waals surface area contributed by atoms with Gasteiger partial charge < -0.3 is 15.1 Å². The summed E-state index contributed by atoms with van der Waals surface area (Å²) in [7, 11) is 0. The fourth-order valence-corrected chi connectivity index (χ4v) is 1.82. The van der Waals surface area contributed by atoms with Gasteiger partial charge in [-0.2, -0.15) is 0 Å². The first kappa shape index (κ1) is 16.4. The molecule has 0 radical (unpaired) electrons. The molecule has 0 aromatic heterocycles. The van der Waals surface area contributed by atoms with Gasteiger partial charge in [0.1, 0.15) is 13.1 Å². The number of carbonyl (C=O) groups is 3. The fourth-order valence-electron chi connectivity index (χ4n) is 1.82. The van der Waals surface area contributed by atoms with Crippen LogP contribution in [0.15, 0.2) is 24.3 Å². The summed E-state index contributed by atoms with van der Waals surface area (Å²) < 4.78 is 0. The number of amides is 1. The third-order valence-corrected chi connectivity index (χ3v) is 2.79. The summed E-state index contributed by atoms with van der Waals surface area (Å²) in [5.41, 5.74) is 2.89. The Hall–Kier alpha value is -2.63. The number of carboxylic acid groups (broad SMARTS) is 2. The number of aryl methyl sites for hydroxylation is 2. The van der Waals surface area contributed by atoms with Crippen LogP contribution in [0.4, 0.5) is 0 Å². The van der Waals surface area contributed by atoms with E-state index in [0.29, 0.717) is 0 Å². The van der Waals surface area contributed by atoms with Crippen molar-refractivity contribution >= 4 is 23.9 Å². The molecule has 0 bridgehead atoms. The summed E-state index contributed by atoms with van der Waals surface area (Å²) in [6.07, 6.45) is 2.73. The number of aliphatic carboxylic acids is 2. The van der Waals surface area contributed by atoms with E-state index in [2.05, 4.69) is 0 Å². The molecule has 6 nitrogen and oxygen atoms in total. The summed E-state index contributed by atoms with van der Waals surface area (Å²) in [6.45, 7) is 2.54. The van der Waals surface area contributed by atoms with Gasteiger partial charge in [0.05, 0.1) is 0 Å². The molecule has 2 N–H and O–H groups in total. The van der Waals surface area contributed by atoms with Crippen LogP contribution in [0.2, 0.25) is 0 Å². The summed E-state index contributed by atoms with van der Waals surface area (Å²) >= 11 is 0. The lowest BCUT2D eigenvalue weighted by molar-refractivity contribution is -0.147. The van der Waals surface area contributed by atoms with Crippen LogP contribution in [0.5, 0.6) is 0 Å². The third kappa shape index (κ3) is 5.48. The van der Waals surface area contributed by atoms with E-state index in [9.17, 15) is 14.4 Å². The van der Waals surface area contributed by atoms with Gasteiger partial charge in [-0.25, -0.2) is 0 Å². The molecule has 112 valence electrons. The highest BCUT2D eigenvalue weighted by Gasteiger charge is 2.17. The normalized spacial score (nSPS) is 10.6. The molecule has 1 amide bonds. The molecule has 1 aromatic rings. The van der Waals surface area contributed by atoms with Crippen molar-refractivity contribution in [3.05, 3.63) is 41.0 Å². The van der Waals surface area contributed by atoms with E-state index in [0.717, 1.165) is 21.6 Å². The van der Waals surface area contributed by atoms with Crippen LogP contribution in [0.1, 0.15) is 16.7 Å². The lowest BCUT2D eigenvalue weighted by atomic mass is 10.1. The van der Waals surface area contributed by atoms with Crippen LogP contribution < -0.4 is 0 Å². The Kier molecular flexibility index (Phi) is 5.66. The van der Waals surface area contributed by atoms with E-state index in [-0.39, 0.29) is 0 Å². The number of carboxylic acids is 2. The number of hydrogen-bond donors (Lipinski definition) is 2. The van der Waals surface area contributed by atoms with Crippen LogP contribution >= 0.6 is 0 Å². The number of nitrogens with zero attached hydrogens (tertiary/aromatic N) is 1. The lowest BCUT2D eigenvalue weighted by Gasteiger charge is -2.16. The van der Waals surface area contributed by atoms with Gasteiger partial charge in [-0.05, 0) is 31.1 Å². The molecule has 0 heterocycles. The molecule has 0 atom stereocenters. The molecule has 0 saturated carbocycles. The maximum absolute atomic E-state index is 11.9. The molecule has 0 unspecified atom stereocenters. The Balaban J connectivity index is 2.86. The van der Waals surface area contributed by atoms with Gasteiger partial charge in [0.15, 0.2) is 0 Å². The SMILES string of the molecule is Cc1ccc(C=CC(=O)N(CC(=O)O)CC(=O)O)c(C)c1. The van der Waals surface area contributed by atoms with Gasteiger partial charge in [0.2, 0.25) is 5.91 Å². The smallest absolute Gasteiger partial charge is 0.323 e. The Morgan fingerprint density at radius 2 is 1.67 bits per heavy atom. The van der Waals surface area contributed by atoms with Crippen molar-refractivity contribution in [3.8, 4) is 0 Å². The summed E-state index contributed by atoms with van der Waals surface area (Å²) in [6, 6.07) is 5.69. The van der Waals surface area contributed by atoms with Crippen molar-refractivity contribution < 1.29 is 24.6 Å². The van der Waals surface area contributed by atoms with Gasteiger partial charge in [-0.3, -0.25) is 14.4 Å². The van der Waals surface area contributed by atoms with Crippen LogP contribution in [-0.4, -0.2) is 46.0 Å². The zero-order valence-corrected chi connectivity index (χ0v) is 11.9. The molecule has 21 heavy (non-hydrogen) atoms. The highest BCUT2D eigenvalue weighted by Crippen LogP contribution is 2.12. The van der Waals surface area contributed by atoms with Gasteiger partial charge in [-0.1, -0.05) is 23.8 Å². The number of carbonyl (C=O) groups excluding carboxylic acids is 1. The van der Waals surface area contributed by atoms with Crippen molar-refractivity contribution in [1.29, 1.82) is 0 Å². The van der Waals surface area contributed by atoms with E-state index in [1.807, 2.05) is 32.0 Å². The van der Waals surface area contributed by atoms with Gasteiger partial charge in [0.25, 0.3) is 0 Å². The number of benzene rings is 1. The van der Waals surface area contributed by atoms with Gasteiger partial charge >= 0.3 is 11.9 Å². The minimum Gasteiger partial charge on any atom is -0.480 e. The Bertz CT molecular complexity index is 576. The molecule has 0 saturated heterocycles. The van der Waals surface area contributed by atoms with Crippen LogP contribution in [0, 0.1) is 13.8 Å². The quantitative estimate of drug-likeness (QED) is 0.771. The maximum atomic E-state index is 11.9. The van der Waals surface area contributed by atoms with Crippen molar-refractivity contribution in [2.75, 3.05) is 13.1 Å². The number of hydrogen-bond acceptors (Lipinski definition) is 3. The molecule has 6 heteroatoms. The molecule has 0 fully saturated rings. The van der Waals surface area contributed by atoms with E-state index < -0.39 is 30.9 Å². The predicted molar refractivity (Wildman–Crippen MR) is 76.8 cm³/mol. The first-order valence-corrected chi connectivity index (χ1v) is 6.27. The summed E-state index contributed by atoms with van der Waals surface area (Å²) in [4.78, 5) is 33.9. The molecule has 1 rings (SSSR count). The average Bonchev–Trinajstić information content (AvgIpc) is 2.35. The average molecular weight is 291 g/mol. The largest absolute Gasteiger partial charge is 0.480 e. The van der Waals surface area contributed by atoms with Crippen LogP contribution in [0.25, 0.3) is 6.08 Å². The molecule has 0 aliphatic rings. The number of rotatable bonds is 6. The second-order valence-electron chi connectivity index (χ2n) is 4.68.